The van der Waals surface area contributed by atoms with Crippen molar-refractivity contribution in [2.24, 2.45) is 5.73 Å². The summed E-state index contributed by atoms with van der Waals surface area (Å²) >= 11 is 4.51. The molecule has 0 saturated carbocycles. The third-order valence-corrected chi connectivity index (χ3v) is 4.20. The van der Waals surface area contributed by atoms with Crippen LogP contribution in [0.3, 0.4) is 0 Å². The minimum Gasteiger partial charge on any atom is -0.323 e. The van der Waals surface area contributed by atoms with Gasteiger partial charge in [-0.1, -0.05) is 17.5 Å². The summed E-state index contributed by atoms with van der Waals surface area (Å²) in [6, 6.07) is 4.81. The number of halogens is 2. The Hall–Kier alpha value is -0.850. The Bertz CT molecular complexity index is 544. The monoisotopic (exact) mass is 329 g/mol. The molecule has 1 atom stereocenters. The molecule has 1 unspecified atom stereocenters. The van der Waals surface area contributed by atoms with Crippen molar-refractivity contribution in [2.75, 3.05) is 0 Å². The molecule has 0 spiro atoms. The van der Waals surface area contributed by atoms with E-state index in [1.54, 1.807) is 12.1 Å². The predicted molar refractivity (Wildman–Crippen MR) is 74.0 cm³/mol. The van der Waals surface area contributed by atoms with E-state index in [4.69, 9.17) is 5.73 Å². The quantitative estimate of drug-likeness (QED) is 0.936. The number of aryl methyl sites for hydroxylation is 1. The summed E-state index contributed by atoms with van der Waals surface area (Å²) in [5, 5.41) is 4.05. The number of rotatable bonds is 4. The van der Waals surface area contributed by atoms with Gasteiger partial charge in [0, 0.05) is 6.04 Å². The van der Waals surface area contributed by atoms with Gasteiger partial charge in [0.1, 0.15) is 5.82 Å². The van der Waals surface area contributed by atoms with Gasteiger partial charge in [0.05, 0.1) is 15.0 Å². The van der Waals surface area contributed by atoms with E-state index in [2.05, 4.69) is 25.5 Å². The second-order valence-electron chi connectivity index (χ2n) is 4.00. The highest BCUT2D eigenvalue weighted by Crippen LogP contribution is 2.24. The molecular formula is C12H13BrFN3S. The summed E-state index contributed by atoms with van der Waals surface area (Å²) in [6.45, 7) is 2.03. The third-order valence-electron chi connectivity index (χ3n) is 2.70. The molecule has 0 bridgehead atoms. The molecule has 18 heavy (non-hydrogen) atoms. The van der Waals surface area contributed by atoms with Gasteiger partial charge in [-0.05, 0) is 58.0 Å². The highest BCUT2D eigenvalue weighted by Gasteiger charge is 2.15. The van der Waals surface area contributed by atoms with Crippen LogP contribution in [0.25, 0.3) is 0 Å². The number of hydrogen-bond donors (Lipinski definition) is 1. The molecule has 1 heterocycles. The Balaban J connectivity index is 2.16. The summed E-state index contributed by atoms with van der Waals surface area (Å²) in [7, 11) is 0. The van der Waals surface area contributed by atoms with Crippen LogP contribution in [-0.2, 0) is 12.8 Å². The van der Waals surface area contributed by atoms with Gasteiger partial charge < -0.3 is 5.73 Å². The second-order valence-corrected chi connectivity index (χ2v) is 5.64. The Labute approximate surface area is 118 Å². The van der Waals surface area contributed by atoms with Gasteiger partial charge in [0.15, 0.2) is 0 Å². The summed E-state index contributed by atoms with van der Waals surface area (Å²) in [4.78, 5) is 1.01. The van der Waals surface area contributed by atoms with Crippen LogP contribution in [0.15, 0.2) is 22.7 Å². The SMILES string of the molecule is CCc1nnsc1C(N)Cc1ccc(F)c(Br)c1. The average Bonchev–Trinajstić information content (AvgIpc) is 2.82. The molecule has 1 aromatic carbocycles. The van der Waals surface area contributed by atoms with Crippen molar-refractivity contribution in [3.05, 3.63) is 44.6 Å². The number of benzene rings is 1. The molecule has 0 fully saturated rings. The smallest absolute Gasteiger partial charge is 0.137 e. The third kappa shape index (κ3) is 2.93. The molecule has 96 valence electrons. The van der Waals surface area contributed by atoms with E-state index in [0.29, 0.717) is 10.9 Å². The lowest BCUT2D eigenvalue weighted by Crippen LogP contribution is -2.13. The Morgan fingerprint density at radius 3 is 2.94 bits per heavy atom. The molecule has 0 aliphatic carbocycles. The van der Waals surface area contributed by atoms with E-state index in [-0.39, 0.29) is 11.9 Å². The summed E-state index contributed by atoms with van der Waals surface area (Å²) in [6.07, 6.45) is 1.47. The Morgan fingerprint density at radius 2 is 2.28 bits per heavy atom. The molecule has 0 aliphatic rings. The van der Waals surface area contributed by atoms with Crippen molar-refractivity contribution >= 4 is 27.5 Å². The molecule has 2 rings (SSSR count). The maximum absolute atomic E-state index is 13.1. The van der Waals surface area contributed by atoms with Crippen molar-refractivity contribution < 1.29 is 4.39 Å². The summed E-state index contributed by atoms with van der Waals surface area (Å²) in [5.41, 5.74) is 8.10. The van der Waals surface area contributed by atoms with E-state index in [1.807, 2.05) is 6.92 Å². The van der Waals surface area contributed by atoms with Gasteiger partial charge in [-0.3, -0.25) is 0 Å². The van der Waals surface area contributed by atoms with Gasteiger partial charge in [-0.15, -0.1) is 5.10 Å². The topological polar surface area (TPSA) is 51.8 Å². The minimum atomic E-state index is -0.263. The number of hydrogen-bond acceptors (Lipinski definition) is 4. The number of aromatic nitrogens is 2. The lowest BCUT2D eigenvalue weighted by atomic mass is 10.0. The van der Waals surface area contributed by atoms with Gasteiger partial charge in [0.25, 0.3) is 0 Å². The lowest BCUT2D eigenvalue weighted by molar-refractivity contribution is 0.619. The van der Waals surface area contributed by atoms with E-state index in [9.17, 15) is 4.39 Å². The zero-order valence-electron chi connectivity index (χ0n) is 9.86. The lowest BCUT2D eigenvalue weighted by Gasteiger charge is -2.10. The molecule has 0 radical (unpaired) electrons. The molecule has 1 aromatic heterocycles. The summed E-state index contributed by atoms with van der Waals surface area (Å²) < 4.78 is 17.5. The first kappa shape index (κ1) is 13.6. The van der Waals surface area contributed by atoms with Crippen molar-refractivity contribution in [2.45, 2.75) is 25.8 Å². The first-order valence-electron chi connectivity index (χ1n) is 5.62. The van der Waals surface area contributed by atoms with Gasteiger partial charge >= 0.3 is 0 Å². The molecule has 0 saturated heterocycles. The van der Waals surface area contributed by atoms with Crippen molar-refractivity contribution in [3.63, 3.8) is 0 Å². The van der Waals surface area contributed by atoms with E-state index >= 15 is 0 Å². The van der Waals surface area contributed by atoms with Crippen LogP contribution in [-0.4, -0.2) is 9.59 Å². The predicted octanol–water partition coefficient (Wildman–Crippen LogP) is 3.24. The zero-order valence-corrected chi connectivity index (χ0v) is 12.3. The van der Waals surface area contributed by atoms with Crippen LogP contribution in [0.1, 0.15) is 29.1 Å². The van der Waals surface area contributed by atoms with E-state index < -0.39 is 0 Å². The maximum Gasteiger partial charge on any atom is 0.137 e. The average molecular weight is 330 g/mol. The van der Waals surface area contributed by atoms with Crippen LogP contribution in [0, 0.1) is 5.82 Å². The fourth-order valence-corrected chi connectivity index (χ4v) is 2.92. The molecule has 0 amide bonds. The van der Waals surface area contributed by atoms with Gasteiger partial charge in [-0.25, -0.2) is 4.39 Å². The largest absolute Gasteiger partial charge is 0.323 e. The Morgan fingerprint density at radius 1 is 1.50 bits per heavy atom. The van der Waals surface area contributed by atoms with Crippen LogP contribution in [0.2, 0.25) is 0 Å². The number of nitrogens with zero attached hydrogens (tertiary/aromatic N) is 2. The molecular weight excluding hydrogens is 317 g/mol. The standard InChI is InChI=1S/C12H13BrFN3S/c1-2-11-12(18-17-16-11)10(15)6-7-3-4-9(14)8(13)5-7/h3-5,10H,2,6,15H2,1H3. The highest BCUT2D eigenvalue weighted by molar-refractivity contribution is 9.10. The van der Waals surface area contributed by atoms with Crippen LogP contribution in [0.4, 0.5) is 4.39 Å². The van der Waals surface area contributed by atoms with Gasteiger partial charge in [0.2, 0.25) is 0 Å². The van der Waals surface area contributed by atoms with Gasteiger partial charge in [-0.2, -0.15) is 0 Å². The fourth-order valence-electron chi connectivity index (χ4n) is 1.76. The van der Waals surface area contributed by atoms with Crippen molar-refractivity contribution in [1.29, 1.82) is 0 Å². The van der Waals surface area contributed by atoms with Crippen LogP contribution in [0.5, 0.6) is 0 Å². The molecule has 2 N–H and O–H groups in total. The molecule has 0 aliphatic heterocycles. The highest BCUT2D eigenvalue weighted by atomic mass is 79.9. The van der Waals surface area contributed by atoms with Crippen LogP contribution >= 0.6 is 27.5 Å². The second kappa shape index (κ2) is 5.86. The van der Waals surface area contributed by atoms with Crippen molar-refractivity contribution in [1.82, 2.24) is 9.59 Å². The Kier molecular flexibility index (Phi) is 4.42. The zero-order chi connectivity index (χ0) is 13.1. The fraction of sp³-hybridized carbons (Fsp3) is 0.333. The summed E-state index contributed by atoms with van der Waals surface area (Å²) in [5.74, 6) is -0.263. The first-order chi connectivity index (χ1) is 8.61. The minimum absolute atomic E-state index is 0.141. The molecule has 2 aromatic rings. The maximum atomic E-state index is 13.1. The normalized spacial score (nSPS) is 12.7. The van der Waals surface area contributed by atoms with Crippen molar-refractivity contribution in [3.8, 4) is 0 Å². The van der Waals surface area contributed by atoms with E-state index in [1.165, 1.54) is 17.6 Å². The van der Waals surface area contributed by atoms with E-state index in [0.717, 1.165) is 22.6 Å². The molecule has 3 nitrogen and oxygen atoms in total. The first-order valence-corrected chi connectivity index (χ1v) is 7.19. The number of nitrogens with two attached hydrogens (primary N) is 1. The van der Waals surface area contributed by atoms with Crippen LogP contribution < -0.4 is 5.73 Å². The molecule has 6 heteroatoms.